The van der Waals surface area contributed by atoms with Crippen LogP contribution in [-0.4, -0.2) is 36.8 Å². The van der Waals surface area contributed by atoms with Gasteiger partial charge in [-0.25, -0.2) is 9.78 Å². The van der Waals surface area contributed by atoms with Crippen molar-refractivity contribution in [3.8, 4) is 0 Å². The van der Waals surface area contributed by atoms with Crippen LogP contribution in [0.25, 0.3) is 0 Å². The van der Waals surface area contributed by atoms with E-state index in [9.17, 15) is 4.79 Å². The Morgan fingerprint density at radius 1 is 1.68 bits per heavy atom. The quantitative estimate of drug-likeness (QED) is 0.825. The summed E-state index contributed by atoms with van der Waals surface area (Å²) < 4.78 is 10.4. The number of nitrogens with zero attached hydrogens (tertiary/aromatic N) is 1. The number of anilines is 1. The van der Waals surface area contributed by atoms with Crippen molar-refractivity contribution in [3.05, 3.63) is 23.9 Å². The van der Waals surface area contributed by atoms with Gasteiger partial charge in [0.05, 0.1) is 13.2 Å². The van der Waals surface area contributed by atoms with Gasteiger partial charge in [-0.05, 0) is 32.4 Å². The van der Waals surface area contributed by atoms with Gasteiger partial charge in [0, 0.05) is 24.8 Å². The molecule has 2 unspecified atom stereocenters. The fraction of sp³-hybridized carbons (Fsp3) is 0.571. The van der Waals surface area contributed by atoms with Crippen molar-refractivity contribution in [1.29, 1.82) is 0 Å². The highest BCUT2D eigenvalue weighted by Gasteiger charge is 2.24. The van der Waals surface area contributed by atoms with Gasteiger partial charge in [-0.15, -0.1) is 0 Å². The van der Waals surface area contributed by atoms with Gasteiger partial charge in [-0.1, -0.05) is 0 Å². The van der Waals surface area contributed by atoms with Crippen LogP contribution in [0.4, 0.5) is 5.82 Å². The van der Waals surface area contributed by atoms with Crippen LogP contribution in [0, 0.1) is 5.92 Å². The Balaban J connectivity index is 2.08. The summed E-state index contributed by atoms with van der Waals surface area (Å²) in [5.41, 5.74) is 0.482. The first-order valence-corrected chi connectivity index (χ1v) is 6.68. The fourth-order valence-corrected chi connectivity index (χ4v) is 2.17. The molecule has 5 nitrogen and oxygen atoms in total. The molecule has 0 aromatic carbocycles. The van der Waals surface area contributed by atoms with E-state index in [-0.39, 0.29) is 12.0 Å². The molecule has 1 N–H and O–H groups in total. The van der Waals surface area contributed by atoms with E-state index < -0.39 is 0 Å². The van der Waals surface area contributed by atoms with E-state index in [1.165, 1.54) is 0 Å². The van der Waals surface area contributed by atoms with Crippen LogP contribution < -0.4 is 5.32 Å². The average Bonchev–Trinajstić information content (AvgIpc) is 2.93. The summed E-state index contributed by atoms with van der Waals surface area (Å²) in [4.78, 5) is 16.1. The van der Waals surface area contributed by atoms with Crippen molar-refractivity contribution in [3.63, 3.8) is 0 Å². The van der Waals surface area contributed by atoms with Crippen LogP contribution >= 0.6 is 0 Å². The zero-order chi connectivity index (χ0) is 13.7. The second-order valence-electron chi connectivity index (χ2n) is 4.68. The minimum atomic E-state index is -0.340. The Morgan fingerprint density at radius 2 is 2.53 bits per heavy atom. The van der Waals surface area contributed by atoms with Crippen LogP contribution in [-0.2, 0) is 9.47 Å². The molecule has 1 aromatic heterocycles. The van der Waals surface area contributed by atoms with Gasteiger partial charge >= 0.3 is 5.97 Å². The molecule has 1 aromatic rings. The number of aromatic nitrogens is 1. The first kappa shape index (κ1) is 13.8. The van der Waals surface area contributed by atoms with Crippen molar-refractivity contribution in [2.75, 3.05) is 25.1 Å². The number of pyridine rings is 1. The van der Waals surface area contributed by atoms with E-state index >= 15 is 0 Å². The first-order valence-electron chi connectivity index (χ1n) is 6.68. The van der Waals surface area contributed by atoms with Crippen molar-refractivity contribution in [1.82, 2.24) is 4.98 Å². The molecule has 0 aliphatic carbocycles. The van der Waals surface area contributed by atoms with E-state index in [0.29, 0.717) is 23.9 Å². The molecule has 0 amide bonds. The Kier molecular flexibility index (Phi) is 4.74. The second-order valence-corrected chi connectivity index (χ2v) is 4.68. The normalized spacial score (nSPS) is 20.0. The number of hydrogen-bond donors (Lipinski definition) is 1. The fourth-order valence-electron chi connectivity index (χ4n) is 2.17. The van der Waals surface area contributed by atoms with Crippen molar-refractivity contribution >= 4 is 11.8 Å². The number of hydrogen-bond acceptors (Lipinski definition) is 5. The molecule has 1 aliphatic heterocycles. The Hall–Kier alpha value is -1.62. The lowest BCUT2D eigenvalue weighted by Gasteiger charge is -2.21. The molecule has 19 heavy (non-hydrogen) atoms. The summed E-state index contributed by atoms with van der Waals surface area (Å²) in [5.74, 6) is 0.699. The maximum Gasteiger partial charge on any atom is 0.341 e. The summed E-state index contributed by atoms with van der Waals surface area (Å²) in [6, 6.07) is 3.68. The summed E-state index contributed by atoms with van der Waals surface area (Å²) in [7, 11) is 0. The average molecular weight is 264 g/mol. The lowest BCUT2D eigenvalue weighted by atomic mass is 10.0. The molecule has 0 spiro atoms. The summed E-state index contributed by atoms with van der Waals surface area (Å²) in [6.07, 6.45) is 2.71. The molecule has 5 heteroatoms. The van der Waals surface area contributed by atoms with Gasteiger partial charge in [0.1, 0.15) is 11.4 Å². The maximum absolute atomic E-state index is 11.8. The lowest BCUT2D eigenvalue weighted by molar-refractivity contribution is 0.0527. The largest absolute Gasteiger partial charge is 0.462 e. The van der Waals surface area contributed by atoms with Crippen LogP contribution in [0.15, 0.2) is 18.3 Å². The minimum absolute atomic E-state index is 0.213. The molecule has 2 atom stereocenters. The number of carbonyl (C=O) groups excluding carboxylic acids is 1. The smallest absolute Gasteiger partial charge is 0.341 e. The highest BCUT2D eigenvalue weighted by Crippen LogP contribution is 2.21. The zero-order valence-corrected chi connectivity index (χ0v) is 11.4. The topological polar surface area (TPSA) is 60.5 Å². The second kappa shape index (κ2) is 6.52. The van der Waals surface area contributed by atoms with Gasteiger partial charge in [-0.3, -0.25) is 0 Å². The zero-order valence-electron chi connectivity index (χ0n) is 11.4. The van der Waals surface area contributed by atoms with E-state index in [1.54, 1.807) is 25.3 Å². The van der Waals surface area contributed by atoms with E-state index in [4.69, 9.17) is 9.47 Å². The first-order chi connectivity index (χ1) is 9.22. The number of nitrogens with one attached hydrogen (secondary N) is 1. The highest BCUT2D eigenvalue weighted by atomic mass is 16.5. The maximum atomic E-state index is 11.8. The molecule has 0 bridgehead atoms. The van der Waals surface area contributed by atoms with Crippen LogP contribution in [0.1, 0.15) is 30.6 Å². The number of carbonyl (C=O) groups is 1. The third kappa shape index (κ3) is 3.44. The minimum Gasteiger partial charge on any atom is -0.462 e. The van der Waals surface area contributed by atoms with Crippen molar-refractivity contribution in [2.45, 2.75) is 26.3 Å². The molecule has 0 radical (unpaired) electrons. The lowest BCUT2D eigenvalue weighted by Crippen LogP contribution is -2.27. The molecule has 1 fully saturated rings. The van der Waals surface area contributed by atoms with E-state index in [2.05, 4.69) is 17.2 Å². The SMILES string of the molecule is CCOC(=O)c1cccnc1NC(C)C1CCOC1. The van der Waals surface area contributed by atoms with E-state index in [0.717, 1.165) is 19.6 Å². The monoisotopic (exact) mass is 264 g/mol. The van der Waals surface area contributed by atoms with Gasteiger partial charge in [-0.2, -0.15) is 0 Å². The Labute approximate surface area is 113 Å². The molecule has 1 saturated heterocycles. The molecular weight excluding hydrogens is 244 g/mol. The predicted octanol–water partition coefficient (Wildman–Crippen LogP) is 2.10. The molecule has 2 rings (SSSR count). The summed E-state index contributed by atoms with van der Waals surface area (Å²) in [6.45, 7) is 5.81. The van der Waals surface area contributed by atoms with Gasteiger partial charge in [0.15, 0.2) is 0 Å². The van der Waals surface area contributed by atoms with Crippen molar-refractivity contribution < 1.29 is 14.3 Å². The molecule has 0 saturated carbocycles. The summed E-state index contributed by atoms with van der Waals surface area (Å²) >= 11 is 0. The number of rotatable bonds is 5. The number of ether oxygens (including phenoxy) is 2. The predicted molar refractivity (Wildman–Crippen MR) is 72.2 cm³/mol. The van der Waals surface area contributed by atoms with Crippen LogP contribution in [0.5, 0.6) is 0 Å². The Morgan fingerprint density at radius 3 is 3.21 bits per heavy atom. The van der Waals surface area contributed by atoms with Crippen molar-refractivity contribution in [2.24, 2.45) is 5.92 Å². The number of esters is 1. The standard InChI is InChI=1S/C14H20N2O3/c1-3-19-14(17)12-5-4-7-15-13(12)16-10(2)11-6-8-18-9-11/h4-5,7,10-11H,3,6,8-9H2,1-2H3,(H,15,16). The van der Waals surface area contributed by atoms with Gasteiger partial charge in [0.25, 0.3) is 0 Å². The third-order valence-corrected chi connectivity index (χ3v) is 3.34. The van der Waals surface area contributed by atoms with Gasteiger partial charge < -0.3 is 14.8 Å². The van der Waals surface area contributed by atoms with Crippen LogP contribution in [0.3, 0.4) is 0 Å². The van der Waals surface area contributed by atoms with Crippen LogP contribution in [0.2, 0.25) is 0 Å². The Bertz CT molecular complexity index is 430. The van der Waals surface area contributed by atoms with E-state index in [1.807, 2.05) is 0 Å². The molecule has 1 aliphatic rings. The van der Waals surface area contributed by atoms with Gasteiger partial charge in [0.2, 0.25) is 0 Å². The summed E-state index contributed by atoms with van der Waals surface area (Å²) in [5, 5.41) is 3.30. The molecular formula is C14H20N2O3. The molecule has 2 heterocycles. The molecule has 104 valence electrons. The highest BCUT2D eigenvalue weighted by molar-refractivity contribution is 5.94. The third-order valence-electron chi connectivity index (χ3n) is 3.34.